The quantitative estimate of drug-likeness (QED) is 0.263. The molecule has 2 aromatic carbocycles. The predicted molar refractivity (Wildman–Crippen MR) is 166 cm³/mol. The van der Waals surface area contributed by atoms with Gasteiger partial charge < -0.3 is 24.5 Å². The number of unbranched alkanes of at least 4 members (excludes halogenated alkanes) is 2. The molecule has 8 heteroatoms. The molecule has 3 amide bonds. The Kier molecular flexibility index (Phi) is 9.18. The number of nitrogens with zero attached hydrogens (tertiary/aromatic N) is 3. The van der Waals surface area contributed by atoms with Crippen molar-refractivity contribution in [3.63, 3.8) is 0 Å². The molecular weight excluding hydrogens is 542 g/mol. The van der Waals surface area contributed by atoms with Gasteiger partial charge in [0.15, 0.2) is 0 Å². The molecule has 3 heterocycles. The van der Waals surface area contributed by atoms with Crippen molar-refractivity contribution in [3.8, 4) is 0 Å². The first-order chi connectivity index (χ1) is 20.8. The van der Waals surface area contributed by atoms with E-state index in [9.17, 15) is 19.5 Å². The Morgan fingerprint density at radius 2 is 1.65 bits per heavy atom. The van der Waals surface area contributed by atoms with Gasteiger partial charge in [-0.05, 0) is 56.7 Å². The minimum Gasteiger partial charge on any atom is -0.396 e. The van der Waals surface area contributed by atoms with Crippen LogP contribution in [-0.4, -0.2) is 76.1 Å². The van der Waals surface area contributed by atoms with Crippen LogP contribution in [-0.2, 0) is 25.7 Å². The SMILES string of the molecule is C=CCN(Cc1ccccc1)C(=O)C1N(CCCCCO)C(=O)[C@@H]2[C@@H](C(=O)N(CC=C)c3ccccc3)[C@@]3(C)CCC12O3. The number of anilines is 1. The molecule has 0 aromatic heterocycles. The normalized spacial score (nSPS) is 27.2. The number of likely N-dealkylation sites (tertiary alicyclic amines) is 1. The van der Waals surface area contributed by atoms with E-state index in [1.165, 1.54) is 0 Å². The topological polar surface area (TPSA) is 90.4 Å². The zero-order valence-corrected chi connectivity index (χ0v) is 25.1. The molecule has 3 fully saturated rings. The van der Waals surface area contributed by atoms with E-state index in [0.29, 0.717) is 51.9 Å². The van der Waals surface area contributed by atoms with Gasteiger partial charge in [-0.2, -0.15) is 0 Å². The number of fused-ring (bicyclic) bond motifs is 1. The summed E-state index contributed by atoms with van der Waals surface area (Å²) >= 11 is 0. The lowest BCUT2D eigenvalue weighted by Gasteiger charge is -2.37. The first kappa shape index (κ1) is 30.7. The van der Waals surface area contributed by atoms with Crippen LogP contribution in [0.1, 0.15) is 44.6 Å². The van der Waals surface area contributed by atoms with Crippen molar-refractivity contribution < 1.29 is 24.2 Å². The Balaban J connectivity index is 1.53. The third-order valence-corrected chi connectivity index (χ3v) is 9.36. The van der Waals surface area contributed by atoms with Gasteiger partial charge in [0.1, 0.15) is 11.6 Å². The van der Waals surface area contributed by atoms with Crippen molar-refractivity contribution in [1.82, 2.24) is 9.80 Å². The summed E-state index contributed by atoms with van der Waals surface area (Å²) in [4.78, 5) is 48.6. The molecule has 3 saturated heterocycles. The lowest BCUT2D eigenvalue weighted by Crippen LogP contribution is -2.56. The van der Waals surface area contributed by atoms with Gasteiger partial charge >= 0.3 is 0 Å². The molecule has 3 aliphatic heterocycles. The van der Waals surface area contributed by atoms with Crippen LogP contribution in [0.25, 0.3) is 0 Å². The third-order valence-electron chi connectivity index (χ3n) is 9.36. The lowest BCUT2D eigenvalue weighted by atomic mass is 9.66. The standard InChI is InChI=1S/C35H43N3O5/c1-4-21-36(25-26-15-9-6-10-16-26)33(42)30-35-20-19-34(3,43-35)28(29(35)32(41)38(30)23-13-8-14-24-39)31(40)37(22-5-2)27-17-11-7-12-18-27/h4-7,9-12,15-18,28-30,39H,1-2,8,13-14,19-25H2,3H3/t28-,29-,30?,34+,35?/m0/s1. The molecule has 2 bridgehead atoms. The van der Waals surface area contributed by atoms with Crippen LogP contribution in [0, 0.1) is 11.8 Å². The summed E-state index contributed by atoms with van der Waals surface area (Å²) in [5.41, 5.74) is -0.278. The summed E-state index contributed by atoms with van der Waals surface area (Å²) in [6.07, 6.45) is 6.47. The van der Waals surface area contributed by atoms with Gasteiger partial charge in [0, 0.05) is 38.5 Å². The van der Waals surface area contributed by atoms with Crippen molar-refractivity contribution >= 4 is 23.4 Å². The molecule has 5 rings (SSSR count). The number of aliphatic hydroxyl groups is 1. The number of ether oxygens (including phenoxy) is 1. The molecule has 0 radical (unpaired) electrons. The van der Waals surface area contributed by atoms with Gasteiger partial charge in [-0.3, -0.25) is 14.4 Å². The minimum absolute atomic E-state index is 0.0731. The summed E-state index contributed by atoms with van der Waals surface area (Å²) in [5.74, 6) is -2.09. The molecule has 228 valence electrons. The number of aliphatic hydroxyl groups excluding tert-OH is 1. The van der Waals surface area contributed by atoms with E-state index >= 15 is 0 Å². The maximum atomic E-state index is 14.6. The maximum Gasteiger partial charge on any atom is 0.248 e. The molecule has 2 aromatic rings. The van der Waals surface area contributed by atoms with Crippen molar-refractivity contribution in [2.75, 3.05) is 31.1 Å². The molecule has 43 heavy (non-hydrogen) atoms. The third kappa shape index (κ3) is 5.54. The fraction of sp³-hybridized carbons (Fsp3) is 0.457. The van der Waals surface area contributed by atoms with Crippen molar-refractivity contribution in [2.24, 2.45) is 11.8 Å². The monoisotopic (exact) mass is 585 g/mol. The molecule has 1 N–H and O–H groups in total. The molecular formula is C35H43N3O5. The van der Waals surface area contributed by atoms with Crippen molar-refractivity contribution in [3.05, 3.63) is 91.5 Å². The van der Waals surface area contributed by atoms with Crippen LogP contribution >= 0.6 is 0 Å². The average Bonchev–Trinajstić information content (AvgIpc) is 3.58. The van der Waals surface area contributed by atoms with E-state index in [1.54, 1.807) is 26.9 Å². The Morgan fingerprint density at radius 1 is 0.977 bits per heavy atom. The molecule has 8 nitrogen and oxygen atoms in total. The van der Waals surface area contributed by atoms with Gasteiger partial charge in [0.25, 0.3) is 0 Å². The number of para-hydroxylation sites is 1. The fourth-order valence-electron chi connectivity index (χ4n) is 7.48. The van der Waals surface area contributed by atoms with Gasteiger partial charge in [0.2, 0.25) is 17.7 Å². The number of carbonyl (C=O) groups excluding carboxylic acids is 3. The van der Waals surface area contributed by atoms with Crippen LogP contribution in [0.5, 0.6) is 0 Å². The zero-order valence-electron chi connectivity index (χ0n) is 25.1. The summed E-state index contributed by atoms with van der Waals surface area (Å²) in [7, 11) is 0. The number of rotatable bonds is 14. The van der Waals surface area contributed by atoms with Crippen LogP contribution in [0.2, 0.25) is 0 Å². The molecule has 5 atom stereocenters. The first-order valence-corrected chi connectivity index (χ1v) is 15.3. The molecule has 2 unspecified atom stereocenters. The van der Waals surface area contributed by atoms with Crippen LogP contribution in [0.4, 0.5) is 5.69 Å². The van der Waals surface area contributed by atoms with E-state index in [4.69, 9.17) is 4.74 Å². The van der Waals surface area contributed by atoms with Gasteiger partial charge in [-0.25, -0.2) is 0 Å². The van der Waals surface area contributed by atoms with Crippen LogP contribution < -0.4 is 4.90 Å². The maximum absolute atomic E-state index is 14.6. The summed E-state index contributed by atoms with van der Waals surface area (Å²) in [6, 6.07) is 18.3. The molecule has 0 saturated carbocycles. The highest BCUT2D eigenvalue weighted by Gasteiger charge is 2.78. The predicted octanol–water partition coefficient (Wildman–Crippen LogP) is 4.35. The largest absolute Gasteiger partial charge is 0.396 e. The number of carbonyl (C=O) groups is 3. The Bertz CT molecular complexity index is 1330. The van der Waals surface area contributed by atoms with Gasteiger partial charge in [-0.1, -0.05) is 60.7 Å². The van der Waals surface area contributed by atoms with Gasteiger partial charge in [0.05, 0.1) is 17.4 Å². The highest BCUT2D eigenvalue weighted by Crippen LogP contribution is 2.63. The number of benzene rings is 2. The van der Waals surface area contributed by atoms with E-state index in [1.807, 2.05) is 67.6 Å². The Morgan fingerprint density at radius 3 is 2.30 bits per heavy atom. The first-order valence-electron chi connectivity index (χ1n) is 15.3. The second kappa shape index (κ2) is 12.9. The van der Waals surface area contributed by atoms with E-state index < -0.39 is 29.1 Å². The molecule has 3 aliphatic rings. The number of hydrogen-bond acceptors (Lipinski definition) is 5. The zero-order chi connectivity index (χ0) is 30.6. The number of amides is 3. The summed E-state index contributed by atoms with van der Waals surface area (Å²) < 4.78 is 6.86. The lowest BCUT2D eigenvalue weighted by molar-refractivity contribution is -0.151. The van der Waals surface area contributed by atoms with Gasteiger partial charge in [-0.15, -0.1) is 13.2 Å². The highest BCUT2D eigenvalue weighted by atomic mass is 16.5. The highest BCUT2D eigenvalue weighted by molar-refractivity contribution is 6.03. The van der Waals surface area contributed by atoms with Crippen molar-refractivity contribution in [1.29, 1.82) is 0 Å². The average molecular weight is 586 g/mol. The minimum atomic E-state index is -1.10. The Labute approximate surface area is 254 Å². The summed E-state index contributed by atoms with van der Waals surface area (Å²) in [6.45, 7) is 11.1. The molecule has 1 spiro atoms. The van der Waals surface area contributed by atoms with Crippen LogP contribution in [0.3, 0.4) is 0 Å². The summed E-state index contributed by atoms with van der Waals surface area (Å²) in [5, 5.41) is 9.33. The van der Waals surface area contributed by atoms with Crippen molar-refractivity contribution in [2.45, 2.75) is 62.8 Å². The second-order valence-electron chi connectivity index (χ2n) is 12.1. The second-order valence-corrected chi connectivity index (χ2v) is 12.1. The smallest absolute Gasteiger partial charge is 0.248 e. The van der Waals surface area contributed by atoms with E-state index in [2.05, 4.69) is 13.2 Å². The Hall–Kier alpha value is -3.75. The number of hydrogen-bond donors (Lipinski definition) is 1. The van der Waals surface area contributed by atoms with E-state index in [0.717, 1.165) is 17.7 Å². The van der Waals surface area contributed by atoms with E-state index in [-0.39, 0.29) is 24.3 Å². The molecule has 0 aliphatic carbocycles. The fourth-order valence-corrected chi connectivity index (χ4v) is 7.48. The van der Waals surface area contributed by atoms with Crippen LogP contribution in [0.15, 0.2) is 86.0 Å².